The summed E-state index contributed by atoms with van der Waals surface area (Å²) < 4.78 is 0. The van der Waals surface area contributed by atoms with Crippen molar-refractivity contribution in [2.45, 2.75) is 31.7 Å². The zero-order valence-electron chi connectivity index (χ0n) is 10.6. The molecule has 2 rings (SSSR count). The van der Waals surface area contributed by atoms with Crippen LogP contribution in [0.5, 0.6) is 0 Å². The van der Waals surface area contributed by atoms with Gasteiger partial charge in [-0.3, -0.25) is 0 Å². The van der Waals surface area contributed by atoms with Crippen LogP contribution in [0.2, 0.25) is 10.0 Å². The van der Waals surface area contributed by atoms with Crippen LogP contribution in [0.15, 0.2) is 12.3 Å². The third-order valence-electron chi connectivity index (χ3n) is 3.51. The van der Waals surface area contributed by atoms with Crippen molar-refractivity contribution < 1.29 is 0 Å². The second-order valence-corrected chi connectivity index (χ2v) is 5.67. The average molecular weight is 288 g/mol. The number of nitrogens with one attached hydrogen (secondary N) is 1. The third kappa shape index (κ3) is 3.74. The minimum atomic E-state index is 0.564. The number of aromatic nitrogens is 1. The fourth-order valence-corrected chi connectivity index (χ4v) is 2.87. The lowest BCUT2D eigenvalue weighted by Gasteiger charge is -2.24. The highest BCUT2D eigenvalue weighted by Crippen LogP contribution is 2.23. The largest absolute Gasteiger partial charge is 0.368 e. The minimum Gasteiger partial charge on any atom is -0.368 e. The van der Waals surface area contributed by atoms with Crippen molar-refractivity contribution in [1.82, 2.24) is 9.88 Å². The molecule has 1 fully saturated rings. The summed E-state index contributed by atoms with van der Waals surface area (Å²) in [5.41, 5.74) is 0. The van der Waals surface area contributed by atoms with Crippen molar-refractivity contribution >= 4 is 29.0 Å². The Kier molecular flexibility index (Phi) is 5.10. The maximum absolute atomic E-state index is 6.05. The van der Waals surface area contributed by atoms with Crippen molar-refractivity contribution in [3.8, 4) is 0 Å². The summed E-state index contributed by atoms with van der Waals surface area (Å²) in [4.78, 5) is 6.60. The van der Waals surface area contributed by atoms with E-state index in [4.69, 9.17) is 23.2 Å². The van der Waals surface area contributed by atoms with Gasteiger partial charge in [0.25, 0.3) is 0 Å². The molecule has 1 aromatic heterocycles. The summed E-state index contributed by atoms with van der Waals surface area (Å²) >= 11 is 11.9. The normalized spacial score (nSPS) is 16.4. The van der Waals surface area contributed by atoms with Gasteiger partial charge in [0.1, 0.15) is 5.82 Å². The quantitative estimate of drug-likeness (QED) is 0.896. The molecule has 1 N–H and O–H groups in total. The maximum Gasteiger partial charge on any atom is 0.144 e. The third-order valence-corrected chi connectivity index (χ3v) is 4.01. The molecule has 0 aromatic carbocycles. The van der Waals surface area contributed by atoms with Gasteiger partial charge in [-0.05, 0) is 26.0 Å². The topological polar surface area (TPSA) is 28.2 Å². The molecule has 1 aliphatic carbocycles. The van der Waals surface area contributed by atoms with E-state index in [0.717, 1.165) is 19.1 Å². The Morgan fingerprint density at radius 3 is 2.78 bits per heavy atom. The van der Waals surface area contributed by atoms with Gasteiger partial charge in [0.05, 0.1) is 10.0 Å². The van der Waals surface area contributed by atoms with Gasteiger partial charge >= 0.3 is 0 Å². The van der Waals surface area contributed by atoms with E-state index >= 15 is 0 Å². The zero-order valence-corrected chi connectivity index (χ0v) is 12.1. The van der Waals surface area contributed by atoms with Gasteiger partial charge in [0.15, 0.2) is 0 Å². The first-order valence-electron chi connectivity index (χ1n) is 6.42. The zero-order chi connectivity index (χ0) is 13.0. The Morgan fingerprint density at radius 2 is 2.11 bits per heavy atom. The minimum absolute atomic E-state index is 0.564. The monoisotopic (exact) mass is 287 g/mol. The van der Waals surface area contributed by atoms with Gasteiger partial charge in [0.2, 0.25) is 0 Å². The van der Waals surface area contributed by atoms with E-state index in [1.807, 2.05) is 0 Å². The predicted molar refractivity (Wildman–Crippen MR) is 77.6 cm³/mol. The van der Waals surface area contributed by atoms with Gasteiger partial charge in [0, 0.05) is 25.3 Å². The summed E-state index contributed by atoms with van der Waals surface area (Å²) in [6.45, 7) is 1.85. The Morgan fingerprint density at radius 1 is 1.39 bits per heavy atom. The summed E-state index contributed by atoms with van der Waals surface area (Å²) in [7, 11) is 2.19. The smallest absolute Gasteiger partial charge is 0.144 e. The first-order valence-corrected chi connectivity index (χ1v) is 7.17. The molecule has 1 saturated carbocycles. The molecule has 5 heteroatoms. The summed E-state index contributed by atoms with van der Waals surface area (Å²) in [5.74, 6) is 0.709. The van der Waals surface area contributed by atoms with E-state index < -0.39 is 0 Å². The molecule has 0 aliphatic heterocycles. The van der Waals surface area contributed by atoms with Gasteiger partial charge in [-0.25, -0.2) is 4.98 Å². The molecule has 1 aliphatic rings. The summed E-state index contributed by atoms with van der Waals surface area (Å²) in [6, 6.07) is 2.46. The molecule has 18 heavy (non-hydrogen) atoms. The van der Waals surface area contributed by atoms with Crippen LogP contribution >= 0.6 is 23.2 Å². The van der Waals surface area contributed by atoms with Crippen LogP contribution in [-0.2, 0) is 0 Å². The number of anilines is 1. The van der Waals surface area contributed by atoms with E-state index in [1.54, 1.807) is 12.3 Å². The van der Waals surface area contributed by atoms with Gasteiger partial charge < -0.3 is 10.2 Å². The van der Waals surface area contributed by atoms with Crippen LogP contribution in [0, 0.1) is 0 Å². The fourth-order valence-electron chi connectivity index (χ4n) is 2.42. The number of nitrogens with zero attached hydrogens (tertiary/aromatic N) is 2. The van der Waals surface area contributed by atoms with E-state index in [1.165, 1.54) is 25.7 Å². The molecule has 100 valence electrons. The number of pyridine rings is 1. The van der Waals surface area contributed by atoms with Gasteiger partial charge in [-0.1, -0.05) is 36.0 Å². The predicted octanol–water partition coefficient (Wildman–Crippen LogP) is 3.67. The van der Waals surface area contributed by atoms with Crippen LogP contribution in [0.4, 0.5) is 5.82 Å². The lowest BCUT2D eigenvalue weighted by Crippen LogP contribution is -2.33. The van der Waals surface area contributed by atoms with Crippen molar-refractivity contribution in [2.75, 3.05) is 25.5 Å². The van der Waals surface area contributed by atoms with Crippen molar-refractivity contribution in [3.05, 3.63) is 22.3 Å². The van der Waals surface area contributed by atoms with Crippen molar-refractivity contribution in [2.24, 2.45) is 0 Å². The highest BCUT2D eigenvalue weighted by Gasteiger charge is 2.18. The molecule has 0 spiro atoms. The first kappa shape index (κ1) is 13.9. The van der Waals surface area contributed by atoms with Crippen molar-refractivity contribution in [3.63, 3.8) is 0 Å². The molecule has 0 atom stereocenters. The first-order chi connectivity index (χ1) is 8.66. The molecule has 3 nitrogen and oxygen atoms in total. The van der Waals surface area contributed by atoms with E-state index in [9.17, 15) is 0 Å². The molecule has 0 bridgehead atoms. The SMILES string of the molecule is CN(CCNc1ncc(Cl)cc1Cl)C1CCCC1. The van der Waals surface area contributed by atoms with Crippen LogP contribution in [0.1, 0.15) is 25.7 Å². The number of halogens is 2. The standard InChI is InChI=1S/C13H19Cl2N3/c1-18(11-4-2-3-5-11)7-6-16-13-12(15)8-10(14)9-17-13/h8-9,11H,2-7H2,1H3,(H,16,17). The molecular weight excluding hydrogens is 269 g/mol. The highest BCUT2D eigenvalue weighted by molar-refractivity contribution is 6.35. The number of rotatable bonds is 5. The Bertz CT molecular complexity index is 392. The van der Waals surface area contributed by atoms with Crippen LogP contribution in [0.25, 0.3) is 0 Å². The average Bonchev–Trinajstić information content (AvgIpc) is 2.85. The van der Waals surface area contributed by atoms with Crippen LogP contribution < -0.4 is 5.32 Å². The lowest BCUT2D eigenvalue weighted by atomic mass is 10.2. The number of hydrogen-bond donors (Lipinski definition) is 1. The fraction of sp³-hybridized carbons (Fsp3) is 0.615. The number of hydrogen-bond acceptors (Lipinski definition) is 3. The van der Waals surface area contributed by atoms with E-state index in [0.29, 0.717) is 15.9 Å². The van der Waals surface area contributed by atoms with E-state index in [2.05, 4.69) is 22.2 Å². The molecular formula is C13H19Cl2N3. The number of likely N-dealkylation sites (N-methyl/N-ethyl adjacent to an activating group) is 1. The molecule has 1 aromatic rings. The molecule has 0 amide bonds. The molecule has 1 heterocycles. The Balaban J connectivity index is 1.77. The molecule has 0 radical (unpaired) electrons. The maximum atomic E-state index is 6.05. The Hall–Kier alpha value is -0.510. The molecule has 0 unspecified atom stereocenters. The van der Waals surface area contributed by atoms with Gasteiger partial charge in [-0.15, -0.1) is 0 Å². The summed E-state index contributed by atoms with van der Waals surface area (Å²) in [5, 5.41) is 4.39. The van der Waals surface area contributed by atoms with Crippen LogP contribution in [-0.4, -0.2) is 36.1 Å². The van der Waals surface area contributed by atoms with Crippen LogP contribution in [0.3, 0.4) is 0 Å². The second-order valence-electron chi connectivity index (χ2n) is 4.83. The Labute approximate surface area is 118 Å². The second kappa shape index (κ2) is 6.60. The summed E-state index contributed by atoms with van der Waals surface area (Å²) in [6.07, 6.45) is 7.00. The van der Waals surface area contributed by atoms with Crippen molar-refractivity contribution in [1.29, 1.82) is 0 Å². The van der Waals surface area contributed by atoms with E-state index in [-0.39, 0.29) is 0 Å². The molecule has 0 saturated heterocycles. The van der Waals surface area contributed by atoms with Gasteiger partial charge in [-0.2, -0.15) is 0 Å². The highest BCUT2D eigenvalue weighted by atomic mass is 35.5. The lowest BCUT2D eigenvalue weighted by molar-refractivity contribution is 0.254.